The normalized spacial score (nSPS) is 10.4. The van der Waals surface area contributed by atoms with E-state index in [2.05, 4.69) is 4.98 Å². The molecule has 1 aromatic heterocycles. The number of aromatic carboxylic acids is 1. The summed E-state index contributed by atoms with van der Waals surface area (Å²) in [5, 5.41) is 8.85. The van der Waals surface area contributed by atoms with Gasteiger partial charge in [0.15, 0.2) is 12.0 Å². The van der Waals surface area contributed by atoms with E-state index in [9.17, 15) is 4.79 Å². The molecule has 1 heterocycles. The SMILES string of the molecule is COc1cc2ncoc2cc1C(=O)O. The molecule has 0 saturated carbocycles. The van der Waals surface area contributed by atoms with E-state index < -0.39 is 5.97 Å². The number of aromatic nitrogens is 1. The first-order chi connectivity index (χ1) is 6.72. The lowest BCUT2D eigenvalue weighted by Crippen LogP contribution is -1.99. The number of carboxylic acid groups (broad SMARTS) is 1. The lowest BCUT2D eigenvalue weighted by molar-refractivity contribution is 0.0693. The van der Waals surface area contributed by atoms with Crippen LogP contribution >= 0.6 is 0 Å². The van der Waals surface area contributed by atoms with E-state index >= 15 is 0 Å². The molecule has 0 aliphatic carbocycles. The second-order valence-corrected chi connectivity index (χ2v) is 2.68. The summed E-state index contributed by atoms with van der Waals surface area (Å²) >= 11 is 0. The van der Waals surface area contributed by atoms with Crippen LogP contribution in [0.1, 0.15) is 10.4 Å². The minimum Gasteiger partial charge on any atom is -0.496 e. The minimum atomic E-state index is -1.06. The van der Waals surface area contributed by atoms with Crippen molar-refractivity contribution in [1.82, 2.24) is 4.98 Å². The van der Waals surface area contributed by atoms with E-state index in [1.807, 2.05) is 0 Å². The van der Waals surface area contributed by atoms with Crippen LogP contribution in [0.25, 0.3) is 11.1 Å². The maximum absolute atomic E-state index is 10.8. The van der Waals surface area contributed by atoms with Gasteiger partial charge in [0.05, 0.1) is 7.11 Å². The molecule has 0 fully saturated rings. The molecule has 14 heavy (non-hydrogen) atoms. The topological polar surface area (TPSA) is 72.6 Å². The Bertz CT molecular complexity index is 489. The average molecular weight is 193 g/mol. The zero-order valence-electron chi connectivity index (χ0n) is 7.35. The molecule has 0 spiro atoms. The lowest BCUT2D eigenvalue weighted by Gasteiger charge is -2.02. The fourth-order valence-electron chi connectivity index (χ4n) is 1.22. The Kier molecular flexibility index (Phi) is 1.85. The molecule has 0 amide bonds. The molecule has 72 valence electrons. The van der Waals surface area contributed by atoms with Gasteiger partial charge in [0.2, 0.25) is 0 Å². The van der Waals surface area contributed by atoms with Gasteiger partial charge in [0.25, 0.3) is 0 Å². The van der Waals surface area contributed by atoms with Crippen LogP contribution in [0.15, 0.2) is 22.9 Å². The lowest BCUT2D eigenvalue weighted by atomic mass is 10.2. The van der Waals surface area contributed by atoms with Crippen LogP contribution in [0.5, 0.6) is 5.75 Å². The molecule has 2 rings (SSSR count). The number of carboxylic acids is 1. The van der Waals surface area contributed by atoms with Crippen molar-refractivity contribution in [3.05, 3.63) is 24.1 Å². The number of hydrogen-bond acceptors (Lipinski definition) is 4. The highest BCUT2D eigenvalue weighted by Crippen LogP contribution is 2.24. The maximum atomic E-state index is 10.8. The Morgan fingerprint density at radius 2 is 2.36 bits per heavy atom. The number of carbonyl (C=O) groups is 1. The van der Waals surface area contributed by atoms with Crippen molar-refractivity contribution in [2.45, 2.75) is 0 Å². The molecule has 5 heteroatoms. The van der Waals surface area contributed by atoms with Crippen LogP contribution in [0.4, 0.5) is 0 Å². The number of benzene rings is 1. The van der Waals surface area contributed by atoms with Gasteiger partial charge in [0.1, 0.15) is 16.8 Å². The van der Waals surface area contributed by atoms with Gasteiger partial charge >= 0.3 is 5.97 Å². The first kappa shape index (κ1) is 8.55. The average Bonchev–Trinajstić information content (AvgIpc) is 2.62. The highest BCUT2D eigenvalue weighted by Gasteiger charge is 2.13. The van der Waals surface area contributed by atoms with Gasteiger partial charge in [-0.25, -0.2) is 9.78 Å². The molecule has 0 aliphatic rings. The third kappa shape index (κ3) is 1.19. The number of rotatable bonds is 2. The van der Waals surface area contributed by atoms with Crippen molar-refractivity contribution in [3.63, 3.8) is 0 Å². The van der Waals surface area contributed by atoms with Gasteiger partial charge in [-0.2, -0.15) is 0 Å². The van der Waals surface area contributed by atoms with Gasteiger partial charge in [0, 0.05) is 12.1 Å². The summed E-state index contributed by atoms with van der Waals surface area (Å²) in [6.07, 6.45) is 1.26. The Morgan fingerprint density at radius 1 is 1.57 bits per heavy atom. The Balaban J connectivity index is 2.72. The molecule has 2 aromatic rings. The van der Waals surface area contributed by atoms with Crippen molar-refractivity contribution in [1.29, 1.82) is 0 Å². The molecule has 0 bridgehead atoms. The predicted octanol–water partition coefficient (Wildman–Crippen LogP) is 1.53. The quantitative estimate of drug-likeness (QED) is 0.782. The van der Waals surface area contributed by atoms with Gasteiger partial charge in [-0.15, -0.1) is 0 Å². The summed E-state index contributed by atoms with van der Waals surface area (Å²) in [4.78, 5) is 14.7. The summed E-state index contributed by atoms with van der Waals surface area (Å²) in [5.74, 6) is -0.779. The maximum Gasteiger partial charge on any atom is 0.339 e. The van der Waals surface area contributed by atoms with Gasteiger partial charge < -0.3 is 14.3 Å². The smallest absolute Gasteiger partial charge is 0.339 e. The largest absolute Gasteiger partial charge is 0.496 e. The Morgan fingerprint density at radius 3 is 3.00 bits per heavy atom. The van der Waals surface area contributed by atoms with Crippen LogP contribution in [0.2, 0.25) is 0 Å². The zero-order valence-corrected chi connectivity index (χ0v) is 7.35. The summed E-state index contributed by atoms with van der Waals surface area (Å²) in [6, 6.07) is 2.92. The number of hydrogen-bond donors (Lipinski definition) is 1. The van der Waals surface area contributed by atoms with Gasteiger partial charge in [-0.1, -0.05) is 0 Å². The first-order valence-corrected chi connectivity index (χ1v) is 3.87. The van der Waals surface area contributed by atoms with Crippen molar-refractivity contribution in [2.75, 3.05) is 7.11 Å². The van der Waals surface area contributed by atoms with E-state index in [4.69, 9.17) is 14.3 Å². The first-order valence-electron chi connectivity index (χ1n) is 3.87. The van der Waals surface area contributed by atoms with Crippen molar-refractivity contribution in [3.8, 4) is 5.75 Å². The van der Waals surface area contributed by atoms with Crippen molar-refractivity contribution in [2.24, 2.45) is 0 Å². The minimum absolute atomic E-state index is 0.0664. The standard InChI is InChI=1S/C9H7NO4/c1-13-7-3-6-8(14-4-10-6)2-5(7)9(11)12/h2-4H,1H3,(H,11,12). The second-order valence-electron chi connectivity index (χ2n) is 2.68. The highest BCUT2D eigenvalue weighted by atomic mass is 16.5. The third-order valence-corrected chi connectivity index (χ3v) is 1.88. The van der Waals surface area contributed by atoms with E-state index in [1.165, 1.54) is 25.6 Å². The number of ether oxygens (including phenoxy) is 1. The molecule has 0 unspecified atom stereocenters. The number of fused-ring (bicyclic) bond motifs is 1. The molecule has 0 atom stereocenters. The van der Waals surface area contributed by atoms with Crippen LogP contribution < -0.4 is 4.74 Å². The summed E-state index contributed by atoms with van der Waals surface area (Å²) < 4.78 is 9.90. The molecular weight excluding hydrogens is 186 g/mol. The molecule has 5 nitrogen and oxygen atoms in total. The summed E-state index contributed by atoms with van der Waals surface area (Å²) in [5.41, 5.74) is 1.08. The van der Waals surface area contributed by atoms with Crippen LogP contribution in [-0.4, -0.2) is 23.2 Å². The van der Waals surface area contributed by atoms with Crippen LogP contribution in [0.3, 0.4) is 0 Å². The van der Waals surface area contributed by atoms with E-state index in [-0.39, 0.29) is 11.3 Å². The van der Waals surface area contributed by atoms with Crippen LogP contribution in [-0.2, 0) is 0 Å². The molecule has 0 saturated heterocycles. The zero-order chi connectivity index (χ0) is 10.1. The van der Waals surface area contributed by atoms with E-state index in [0.29, 0.717) is 11.1 Å². The molecule has 1 aromatic carbocycles. The van der Waals surface area contributed by atoms with Gasteiger partial charge in [-0.3, -0.25) is 0 Å². The van der Waals surface area contributed by atoms with Crippen molar-refractivity contribution < 1.29 is 19.1 Å². The van der Waals surface area contributed by atoms with Crippen LogP contribution in [0, 0.1) is 0 Å². The molecule has 0 radical (unpaired) electrons. The fourth-order valence-corrected chi connectivity index (χ4v) is 1.22. The Labute approximate surface area is 78.9 Å². The molecule has 1 N–H and O–H groups in total. The van der Waals surface area contributed by atoms with Gasteiger partial charge in [-0.05, 0) is 0 Å². The molecular formula is C9H7NO4. The second kappa shape index (κ2) is 3.02. The fraction of sp³-hybridized carbons (Fsp3) is 0.111. The summed E-state index contributed by atoms with van der Waals surface area (Å²) in [7, 11) is 1.41. The highest BCUT2D eigenvalue weighted by molar-refractivity contribution is 5.95. The number of nitrogens with zero attached hydrogens (tertiary/aromatic N) is 1. The van der Waals surface area contributed by atoms with Crippen molar-refractivity contribution >= 4 is 17.1 Å². The van der Waals surface area contributed by atoms with E-state index in [0.717, 1.165) is 0 Å². The van der Waals surface area contributed by atoms with E-state index in [1.54, 1.807) is 0 Å². The third-order valence-electron chi connectivity index (χ3n) is 1.88. The summed E-state index contributed by atoms with van der Waals surface area (Å²) in [6.45, 7) is 0. The predicted molar refractivity (Wildman–Crippen MR) is 47.5 cm³/mol. The number of oxazole rings is 1. The monoisotopic (exact) mass is 193 g/mol. The number of methoxy groups -OCH3 is 1. The molecule has 0 aliphatic heterocycles. The Hall–Kier alpha value is -2.04.